The summed E-state index contributed by atoms with van der Waals surface area (Å²) >= 11 is 0. The Morgan fingerprint density at radius 3 is 2.44 bits per heavy atom. The molecule has 4 heteroatoms. The van der Waals surface area contributed by atoms with Gasteiger partial charge in [0.05, 0.1) is 5.41 Å². The van der Waals surface area contributed by atoms with Gasteiger partial charge in [0.15, 0.2) is 0 Å². The van der Waals surface area contributed by atoms with Crippen LogP contribution in [0.1, 0.15) is 58.3 Å². The summed E-state index contributed by atoms with van der Waals surface area (Å²) in [7, 11) is 0. The lowest BCUT2D eigenvalue weighted by atomic mass is 9.79. The van der Waals surface area contributed by atoms with Crippen LogP contribution >= 0.6 is 0 Å². The van der Waals surface area contributed by atoms with Crippen molar-refractivity contribution in [3.63, 3.8) is 0 Å². The zero-order valence-corrected chi connectivity index (χ0v) is 11.6. The third kappa shape index (κ3) is 4.25. The predicted octanol–water partition coefficient (Wildman–Crippen LogP) is 1.56. The van der Waals surface area contributed by atoms with E-state index in [0.29, 0.717) is 6.54 Å². The van der Waals surface area contributed by atoms with E-state index in [4.69, 9.17) is 10.8 Å². The van der Waals surface area contributed by atoms with Crippen LogP contribution in [0.2, 0.25) is 0 Å². The van der Waals surface area contributed by atoms with Crippen LogP contribution in [-0.2, 0) is 4.79 Å². The molecule has 1 aliphatic rings. The molecule has 1 fully saturated rings. The molecule has 0 spiro atoms. The lowest BCUT2D eigenvalue weighted by Crippen LogP contribution is -2.48. The fraction of sp³-hybridized carbons (Fsp3) is 0.929. The van der Waals surface area contributed by atoms with Crippen molar-refractivity contribution < 1.29 is 9.90 Å². The molecule has 0 aromatic carbocycles. The van der Waals surface area contributed by atoms with Crippen LogP contribution < -0.4 is 11.1 Å². The van der Waals surface area contributed by atoms with E-state index in [1.54, 1.807) is 0 Å². The predicted molar refractivity (Wildman–Crippen MR) is 73.1 cm³/mol. The molecule has 1 aliphatic carbocycles. The number of aliphatic hydroxyl groups is 1. The van der Waals surface area contributed by atoms with Gasteiger partial charge in [-0.1, -0.05) is 25.7 Å². The summed E-state index contributed by atoms with van der Waals surface area (Å²) in [6.07, 6.45) is 8.04. The molecule has 1 rings (SSSR count). The highest BCUT2D eigenvalue weighted by atomic mass is 16.3. The second kappa shape index (κ2) is 7.74. The molecule has 106 valence electrons. The molecule has 0 radical (unpaired) electrons. The first-order valence-corrected chi connectivity index (χ1v) is 7.26. The van der Waals surface area contributed by atoms with E-state index in [1.807, 2.05) is 6.92 Å². The number of carbonyl (C=O) groups is 1. The van der Waals surface area contributed by atoms with Crippen molar-refractivity contribution in [2.45, 2.75) is 64.3 Å². The number of hydrogen-bond donors (Lipinski definition) is 3. The van der Waals surface area contributed by atoms with Crippen molar-refractivity contribution in [3.8, 4) is 0 Å². The third-order valence-corrected chi connectivity index (χ3v) is 4.11. The van der Waals surface area contributed by atoms with Crippen molar-refractivity contribution in [1.82, 2.24) is 5.32 Å². The van der Waals surface area contributed by atoms with Gasteiger partial charge in [0.2, 0.25) is 5.91 Å². The van der Waals surface area contributed by atoms with E-state index in [1.165, 1.54) is 12.8 Å². The maximum absolute atomic E-state index is 12.4. The fourth-order valence-corrected chi connectivity index (χ4v) is 2.78. The molecule has 0 heterocycles. The quantitative estimate of drug-likeness (QED) is 0.631. The second-order valence-electron chi connectivity index (χ2n) is 5.64. The normalized spacial score (nSPS) is 21.1. The summed E-state index contributed by atoms with van der Waals surface area (Å²) < 4.78 is 0. The first-order chi connectivity index (χ1) is 8.64. The summed E-state index contributed by atoms with van der Waals surface area (Å²) in [6.45, 7) is 2.63. The molecule has 4 nitrogen and oxygen atoms in total. The number of nitrogens with one attached hydrogen (secondary N) is 1. The Hall–Kier alpha value is -0.610. The van der Waals surface area contributed by atoms with E-state index >= 15 is 0 Å². The number of aliphatic hydroxyl groups excluding tert-OH is 1. The number of nitrogens with two attached hydrogens (primary N) is 1. The molecule has 1 amide bonds. The van der Waals surface area contributed by atoms with E-state index in [-0.39, 0.29) is 24.0 Å². The zero-order valence-electron chi connectivity index (χ0n) is 11.6. The zero-order chi connectivity index (χ0) is 13.4. The van der Waals surface area contributed by atoms with Gasteiger partial charge < -0.3 is 16.2 Å². The molecule has 0 aromatic heterocycles. The minimum absolute atomic E-state index is 0.122. The summed E-state index contributed by atoms with van der Waals surface area (Å²) in [4.78, 5) is 12.4. The molecule has 4 N–H and O–H groups in total. The lowest BCUT2D eigenvalue weighted by molar-refractivity contribution is -0.132. The minimum Gasteiger partial charge on any atom is -0.396 e. The molecule has 1 saturated carbocycles. The standard InChI is InChI=1S/C14H28N2O2/c1-12(7-6-10-17)16-13(18)14(11-15)8-4-2-3-5-9-14/h12,17H,2-11,15H2,1H3,(H,16,18). The monoisotopic (exact) mass is 256 g/mol. The molecule has 18 heavy (non-hydrogen) atoms. The van der Waals surface area contributed by atoms with E-state index in [2.05, 4.69) is 5.32 Å². The van der Waals surface area contributed by atoms with Crippen molar-refractivity contribution >= 4 is 5.91 Å². The third-order valence-electron chi connectivity index (χ3n) is 4.11. The smallest absolute Gasteiger partial charge is 0.227 e. The van der Waals surface area contributed by atoms with Gasteiger partial charge in [0.1, 0.15) is 0 Å². The van der Waals surface area contributed by atoms with E-state index < -0.39 is 0 Å². The molecular formula is C14H28N2O2. The van der Waals surface area contributed by atoms with Gasteiger partial charge in [-0.3, -0.25) is 4.79 Å². The van der Waals surface area contributed by atoms with Crippen molar-refractivity contribution in [1.29, 1.82) is 0 Å². The van der Waals surface area contributed by atoms with Crippen molar-refractivity contribution in [2.75, 3.05) is 13.2 Å². The van der Waals surface area contributed by atoms with Crippen LogP contribution in [0.3, 0.4) is 0 Å². The number of hydrogen-bond acceptors (Lipinski definition) is 3. The summed E-state index contributed by atoms with van der Waals surface area (Å²) in [5.41, 5.74) is 5.54. The summed E-state index contributed by atoms with van der Waals surface area (Å²) in [5.74, 6) is 0.123. The van der Waals surface area contributed by atoms with Crippen molar-refractivity contribution in [3.05, 3.63) is 0 Å². The van der Waals surface area contributed by atoms with Gasteiger partial charge in [0.25, 0.3) is 0 Å². The first kappa shape index (κ1) is 15.4. The molecule has 0 bridgehead atoms. The van der Waals surface area contributed by atoms with Gasteiger partial charge in [-0.15, -0.1) is 0 Å². The maximum atomic E-state index is 12.4. The Balaban J connectivity index is 2.54. The highest BCUT2D eigenvalue weighted by molar-refractivity contribution is 5.83. The molecular weight excluding hydrogens is 228 g/mol. The van der Waals surface area contributed by atoms with Gasteiger partial charge in [-0.2, -0.15) is 0 Å². The Morgan fingerprint density at radius 2 is 1.94 bits per heavy atom. The molecule has 1 unspecified atom stereocenters. The Morgan fingerprint density at radius 1 is 1.33 bits per heavy atom. The van der Waals surface area contributed by atoms with Gasteiger partial charge >= 0.3 is 0 Å². The average Bonchev–Trinajstić information content (AvgIpc) is 2.62. The van der Waals surface area contributed by atoms with Crippen LogP contribution in [-0.4, -0.2) is 30.2 Å². The van der Waals surface area contributed by atoms with Gasteiger partial charge in [0, 0.05) is 19.2 Å². The summed E-state index contributed by atoms with van der Waals surface area (Å²) in [5, 5.41) is 11.9. The largest absolute Gasteiger partial charge is 0.396 e. The van der Waals surface area contributed by atoms with Crippen LogP contribution in [0.4, 0.5) is 0 Å². The number of amides is 1. The number of rotatable bonds is 6. The maximum Gasteiger partial charge on any atom is 0.227 e. The van der Waals surface area contributed by atoms with Crippen LogP contribution in [0.5, 0.6) is 0 Å². The molecule has 1 atom stereocenters. The van der Waals surface area contributed by atoms with Crippen LogP contribution in [0, 0.1) is 5.41 Å². The average molecular weight is 256 g/mol. The highest BCUT2D eigenvalue weighted by Crippen LogP contribution is 2.34. The van der Waals surface area contributed by atoms with E-state index in [0.717, 1.165) is 38.5 Å². The lowest BCUT2D eigenvalue weighted by Gasteiger charge is -2.31. The second-order valence-corrected chi connectivity index (χ2v) is 5.64. The highest BCUT2D eigenvalue weighted by Gasteiger charge is 2.37. The fourth-order valence-electron chi connectivity index (χ4n) is 2.78. The topological polar surface area (TPSA) is 75.3 Å². The minimum atomic E-state index is -0.343. The first-order valence-electron chi connectivity index (χ1n) is 7.26. The van der Waals surface area contributed by atoms with Crippen LogP contribution in [0.25, 0.3) is 0 Å². The SMILES string of the molecule is CC(CCCO)NC(=O)C1(CN)CCCCCC1. The van der Waals surface area contributed by atoms with Gasteiger partial charge in [-0.25, -0.2) is 0 Å². The summed E-state index contributed by atoms with van der Waals surface area (Å²) in [6, 6.07) is 0.122. The molecule has 0 aliphatic heterocycles. The number of carbonyl (C=O) groups excluding carboxylic acids is 1. The van der Waals surface area contributed by atoms with Crippen molar-refractivity contribution in [2.24, 2.45) is 11.1 Å². The molecule has 0 saturated heterocycles. The Bertz CT molecular complexity index is 248. The van der Waals surface area contributed by atoms with Crippen LogP contribution in [0.15, 0.2) is 0 Å². The molecule has 0 aromatic rings. The van der Waals surface area contributed by atoms with Gasteiger partial charge in [-0.05, 0) is 32.6 Å². The Kier molecular flexibility index (Phi) is 6.65. The van der Waals surface area contributed by atoms with E-state index in [9.17, 15) is 4.79 Å². The Labute approximate surface area is 110 Å².